The standard InChI is InChI=1S/C34H66O2/c1-3-4-5-6-7-8-9-10-11-12-13-14-15-16-17-18-19-20-21-22-23-24-25-26-27-28-29-30-31-32-33(2)34(35)36/h32H,3-31H2,1-2H3,(H,35,36). The molecule has 214 valence electrons. The van der Waals surface area contributed by atoms with Crippen LogP contribution in [0.25, 0.3) is 0 Å². The molecule has 0 aromatic carbocycles. The Hall–Kier alpha value is -0.790. The average Bonchev–Trinajstić information content (AvgIpc) is 2.87. The number of allylic oxidation sites excluding steroid dienone is 1. The highest BCUT2D eigenvalue weighted by Crippen LogP contribution is 2.16. The minimum atomic E-state index is -0.782. The minimum Gasteiger partial charge on any atom is -0.478 e. The van der Waals surface area contributed by atoms with Gasteiger partial charge in [0.1, 0.15) is 0 Å². The summed E-state index contributed by atoms with van der Waals surface area (Å²) in [7, 11) is 0. The Morgan fingerprint density at radius 1 is 0.444 bits per heavy atom. The van der Waals surface area contributed by atoms with Gasteiger partial charge >= 0.3 is 5.97 Å². The molecule has 0 spiro atoms. The van der Waals surface area contributed by atoms with Crippen LogP contribution in [-0.4, -0.2) is 11.1 Å². The lowest BCUT2D eigenvalue weighted by Crippen LogP contribution is -1.95. The van der Waals surface area contributed by atoms with Crippen molar-refractivity contribution in [1.29, 1.82) is 0 Å². The minimum absolute atomic E-state index is 0.486. The lowest BCUT2D eigenvalue weighted by atomic mass is 10.0. The molecule has 0 aliphatic rings. The van der Waals surface area contributed by atoms with Crippen molar-refractivity contribution in [3.05, 3.63) is 11.6 Å². The molecule has 36 heavy (non-hydrogen) atoms. The van der Waals surface area contributed by atoms with Crippen LogP contribution in [0.3, 0.4) is 0 Å². The van der Waals surface area contributed by atoms with Crippen molar-refractivity contribution in [1.82, 2.24) is 0 Å². The first-order valence-electron chi connectivity index (χ1n) is 16.6. The van der Waals surface area contributed by atoms with Gasteiger partial charge in [0.05, 0.1) is 0 Å². The Morgan fingerprint density at radius 3 is 0.889 bits per heavy atom. The van der Waals surface area contributed by atoms with Crippen LogP contribution in [0.4, 0.5) is 0 Å². The lowest BCUT2D eigenvalue weighted by Gasteiger charge is -2.04. The van der Waals surface area contributed by atoms with E-state index in [1.807, 2.05) is 6.08 Å². The van der Waals surface area contributed by atoms with Gasteiger partial charge in [0.2, 0.25) is 0 Å². The molecule has 0 fully saturated rings. The third-order valence-electron chi connectivity index (χ3n) is 7.85. The van der Waals surface area contributed by atoms with Crippen LogP contribution in [0, 0.1) is 0 Å². The molecule has 0 heterocycles. The van der Waals surface area contributed by atoms with Crippen LogP contribution < -0.4 is 0 Å². The normalized spacial score (nSPS) is 11.9. The van der Waals surface area contributed by atoms with Gasteiger partial charge in [-0.15, -0.1) is 0 Å². The van der Waals surface area contributed by atoms with E-state index in [9.17, 15) is 4.79 Å². The predicted octanol–water partition coefficient (Wildman–Crippen LogP) is 12.4. The van der Waals surface area contributed by atoms with Crippen LogP contribution in [0.5, 0.6) is 0 Å². The van der Waals surface area contributed by atoms with Gasteiger partial charge in [0.25, 0.3) is 0 Å². The molecule has 0 saturated carbocycles. The highest BCUT2D eigenvalue weighted by atomic mass is 16.4. The molecular weight excluding hydrogens is 440 g/mol. The summed E-state index contributed by atoms with van der Waals surface area (Å²) in [5.74, 6) is -0.782. The van der Waals surface area contributed by atoms with Gasteiger partial charge in [-0.25, -0.2) is 4.79 Å². The summed E-state index contributed by atoms with van der Waals surface area (Å²) in [4.78, 5) is 10.7. The number of rotatable bonds is 30. The molecule has 0 radical (unpaired) electrons. The van der Waals surface area contributed by atoms with Gasteiger partial charge in [0, 0.05) is 5.57 Å². The third-order valence-corrected chi connectivity index (χ3v) is 7.85. The first kappa shape index (κ1) is 35.2. The molecule has 0 aromatic heterocycles. The summed E-state index contributed by atoms with van der Waals surface area (Å²) in [6, 6.07) is 0. The number of hydrogen-bond donors (Lipinski definition) is 1. The van der Waals surface area contributed by atoms with Crippen LogP contribution in [0.2, 0.25) is 0 Å². The van der Waals surface area contributed by atoms with E-state index < -0.39 is 5.97 Å². The predicted molar refractivity (Wildman–Crippen MR) is 161 cm³/mol. The van der Waals surface area contributed by atoms with Gasteiger partial charge in [-0.3, -0.25) is 0 Å². The van der Waals surface area contributed by atoms with E-state index in [1.54, 1.807) is 6.92 Å². The summed E-state index contributed by atoms with van der Waals surface area (Å²) >= 11 is 0. The van der Waals surface area contributed by atoms with Crippen molar-refractivity contribution < 1.29 is 9.90 Å². The van der Waals surface area contributed by atoms with E-state index >= 15 is 0 Å². The van der Waals surface area contributed by atoms with Crippen LogP contribution in [-0.2, 0) is 4.79 Å². The largest absolute Gasteiger partial charge is 0.478 e. The molecule has 0 aromatic rings. The van der Waals surface area contributed by atoms with Gasteiger partial charge in [-0.05, 0) is 19.8 Å². The van der Waals surface area contributed by atoms with Crippen molar-refractivity contribution in [2.75, 3.05) is 0 Å². The highest BCUT2D eigenvalue weighted by Gasteiger charge is 1.99. The second-order valence-corrected chi connectivity index (χ2v) is 11.5. The lowest BCUT2D eigenvalue weighted by molar-refractivity contribution is -0.132. The molecule has 0 atom stereocenters. The number of carboxylic acids is 1. The maximum Gasteiger partial charge on any atom is 0.330 e. The van der Waals surface area contributed by atoms with Gasteiger partial charge in [0.15, 0.2) is 0 Å². The molecule has 0 aliphatic heterocycles. The van der Waals surface area contributed by atoms with Crippen LogP contribution >= 0.6 is 0 Å². The highest BCUT2D eigenvalue weighted by molar-refractivity contribution is 5.85. The quantitative estimate of drug-likeness (QED) is 0.0776. The number of hydrogen-bond acceptors (Lipinski definition) is 1. The number of carboxylic acid groups (broad SMARTS) is 1. The molecule has 0 unspecified atom stereocenters. The van der Waals surface area contributed by atoms with E-state index in [1.165, 1.54) is 173 Å². The fourth-order valence-electron chi connectivity index (χ4n) is 5.22. The monoisotopic (exact) mass is 507 g/mol. The van der Waals surface area contributed by atoms with Crippen molar-refractivity contribution in [2.45, 2.75) is 200 Å². The van der Waals surface area contributed by atoms with Crippen molar-refractivity contribution >= 4 is 5.97 Å². The number of unbranched alkanes of at least 4 members (excludes halogenated alkanes) is 28. The smallest absolute Gasteiger partial charge is 0.330 e. The second kappa shape index (κ2) is 30.4. The van der Waals surface area contributed by atoms with Gasteiger partial charge in [-0.2, -0.15) is 0 Å². The SMILES string of the molecule is CCCCCCCCCCCCCCCCCCCCCCCCCCCCCCC=C(C)C(=O)O. The topological polar surface area (TPSA) is 37.3 Å². The molecule has 2 nitrogen and oxygen atoms in total. The maximum atomic E-state index is 10.7. The Labute approximate surface area is 227 Å². The Bertz CT molecular complexity index is 468. The number of aliphatic carboxylic acids is 1. The number of carbonyl (C=O) groups is 1. The molecule has 0 aliphatic carbocycles. The van der Waals surface area contributed by atoms with Crippen molar-refractivity contribution in [2.24, 2.45) is 0 Å². The fourth-order valence-corrected chi connectivity index (χ4v) is 5.22. The molecule has 2 heteroatoms. The Morgan fingerprint density at radius 2 is 0.667 bits per heavy atom. The molecule has 0 saturated heterocycles. The average molecular weight is 507 g/mol. The summed E-state index contributed by atoms with van der Waals surface area (Å²) in [5, 5.41) is 8.82. The Balaban J connectivity index is 3.08. The second-order valence-electron chi connectivity index (χ2n) is 11.5. The van der Waals surface area contributed by atoms with E-state index in [-0.39, 0.29) is 0 Å². The van der Waals surface area contributed by atoms with Crippen molar-refractivity contribution in [3.8, 4) is 0 Å². The summed E-state index contributed by atoms with van der Waals surface area (Å²) in [6.07, 6.45) is 42.6. The zero-order valence-corrected chi connectivity index (χ0v) is 24.9. The zero-order valence-electron chi connectivity index (χ0n) is 24.9. The molecule has 0 rings (SSSR count). The zero-order chi connectivity index (χ0) is 26.4. The maximum absolute atomic E-state index is 10.7. The first-order chi connectivity index (χ1) is 17.7. The van der Waals surface area contributed by atoms with Gasteiger partial charge in [-0.1, -0.05) is 186 Å². The molecule has 0 bridgehead atoms. The van der Waals surface area contributed by atoms with E-state index in [4.69, 9.17) is 5.11 Å². The first-order valence-corrected chi connectivity index (χ1v) is 16.6. The molecule has 0 amide bonds. The molecular formula is C34H66O2. The van der Waals surface area contributed by atoms with E-state index in [2.05, 4.69) is 6.92 Å². The Kier molecular flexibility index (Phi) is 29.8. The molecule has 1 N–H and O–H groups in total. The van der Waals surface area contributed by atoms with Crippen molar-refractivity contribution in [3.63, 3.8) is 0 Å². The summed E-state index contributed by atoms with van der Waals surface area (Å²) in [5.41, 5.74) is 0.486. The van der Waals surface area contributed by atoms with E-state index in [0.29, 0.717) is 5.57 Å². The van der Waals surface area contributed by atoms with E-state index in [0.717, 1.165) is 12.8 Å². The van der Waals surface area contributed by atoms with Gasteiger partial charge < -0.3 is 5.11 Å². The summed E-state index contributed by atoms with van der Waals surface area (Å²) in [6.45, 7) is 3.98. The summed E-state index contributed by atoms with van der Waals surface area (Å²) < 4.78 is 0. The third kappa shape index (κ3) is 29.4. The fraction of sp³-hybridized carbons (Fsp3) is 0.912. The van der Waals surface area contributed by atoms with Crippen LogP contribution in [0.1, 0.15) is 200 Å². The van der Waals surface area contributed by atoms with Crippen LogP contribution in [0.15, 0.2) is 11.6 Å².